The molecular weight excluding hydrogens is 394 g/mol. The largest absolute Gasteiger partial charge is 0.508 e. The summed E-state index contributed by atoms with van der Waals surface area (Å²) in [6.45, 7) is 6.31. The van der Waals surface area contributed by atoms with E-state index in [2.05, 4.69) is 25.2 Å². The van der Waals surface area contributed by atoms with Crippen molar-refractivity contribution in [1.82, 2.24) is 5.32 Å². The molecule has 1 aromatic rings. The Bertz CT molecular complexity index is 951. The SMILES string of the molecule is CC[C@@H](C)/C=C(C)/C=C/C=C/C=C/C(O)=C1\C(=O)N[C@@H]([C@@H](O)c2ccc(O)cc2)C1=O. The summed E-state index contributed by atoms with van der Waals surface area (Å²) < 4.78 is 0. The first kappa shape index (κ1) is 23.9. The molecule has 2 rings (SSSR count). The zero-order valence-corrected chi connectivity index (χ0v) is 17.9. The number of Topliss-reactive ketones (excluding diaryl/α,β-unsaturated/α-hetero) is 1. The number of amides is 1. The van der Waals surface area contributed by atoms with Crippen molar-refractivity contribution in [3.63, 3.8) is 0 Å². The molecule has 3 atom stereocenters. The second kappa shape index (κ2) is 11.1. The Morgan fingerprint density at radius 1 is 1.10 bits per heavy atom. The molecule has 0 aliphatic carbocycles. The fourth-order valence-corrected chi connectivity index (χ4v) is 3.06. The van der Waals surface area contributed by atoms with Crippen LogP contribution < -0.4 is 5.32 Å². The summed E-state index contributed by atoms with van der Waals surface area (Å²) >= 11 is 0. The first-order valence-electron chi connectivity index (χ1n) is 10.2. The first-order valence-corrected chi connectivity index (χ1v) is 10.2. The lowest BCUT2D eigenvalue weighted by molar-refractivity contribution is -0.118. The number of benzene rings is 1. The van der Waals surface area contributed by atoms with E-state index in [9.17, 15) is 24.9 Å². The van der Waals surface area contributed by atoms with Gasteiger partial charge < -0.3 is 20.6 Å². The van der Waals surface area contributed by atoms with E-state index in [1.807, 2.05) is 19.1 Å². The number of hydrogen-bond acceptors (Lipinski definition) is 5. The van der Waals surface area contributed by atoms with Gasteiger partial charge in [-0.1, -0.05) is 74.4 Å². The second-order valence-corrected chi connectivity index (χ2v) is 7.51. The molecule has 0 aromatic heterocycles. The van der Waals surface area contributed by atoms with Crippen molar-refractivity contribution in [2.24, 2.45) is 5.92 Å². The summed E-state index contributed by atoms with van der Waals surface area (Å²) in [5, 5.41) is 32.4. The highest BCUT2D eigenvalue weighted by Gasteiger charge is 2.42. The predicted molar refractivity (Wildman–Crippen MR) is 120 cm³/mol. The van der Waals surface area contributed by atoms with E-state index in [1.165, 1.54) is 36.4 Å². The lowest BCUT2D eigenvalue weighted by atomic mass is 9.98. The van der Waals surface area contributed by atoms with Crippen molar-refractivity contribution in [3.05, 3.63) is 89.3 Å². The molecule has 1 heterocycles. The van der Waals surface area contributed by atoms with Gasteiger partial charge in [0.25, 0.3) is 5.91 Å². The van der Waals surface area contributed by atoms with E-state index >= 15 is 0 Å². The highest BCUT2D eigenvalue weighted by Crippen LogP contribution is 2.26. The van der Waals surface area contributed by atoms with Crippen molar-refractivity contribution in [2.75, 3.05) is 0 Å². The van der Waals surface area contributed by atoms with E-state index < -0.39 is 35.2 Å². The van der Waals surface area contributed by atoms with Gasteiger partial charge in [-0.25, -0.2) is 0 Å². The van der Waals surface area contributed by atoms with Crippen LogP contribution in [-0.4, -0.2) is 33.1 Å². The molecule has 6 heteroatoms. The van der Waals surface area contributed by atoms with Gasteiger partial charge in [0.15, 0.2) is 5.78 Å². The Balaban J connectivity index is 2.05. The fraction of sp³-hybridized carbons (Fsp3) is 0.280. The van der Waals surface area contributed by atoms with Crippen LogP contribution in [0, 0.1) is 5.92 Å². The summed E-state index contributed by atoms with van der Waals surface area (Å²) in [6.07, 6.45) is 12.0. The minimum atomic E-state index is -1.30. The number of aromatic hydroxyl groups is 1. The molecule has 0 unspecified atom stereocenters. The van der Waals surface area contributed by atoms with Crippen molar-refractivity contribution < 1.29 is 24.9 Å². The molecule has 1 aliphatic rings. The summed E-state index contributed by atoms with van der Waals surface area (Å²) in [7, 11) is 0. The van der Waals surface area contributed by atoms with E-state index in [4.69, 9.17) is 0 Å². The van der Waals surface area contributed by atoms with Gasteiger partial charge in [-0.2, -0.15) is 0 Å². The monoisotopic (exact) mass is 423 g/mol. The molecule has 0 saturated carbocycles. The maximum absolute atomic E-state index is 12.6. The molecule has 1 amide bonds. The summed E-state index contributed by atoms with van der Waals surface area (Å²) in [6, 6.07) is 4.46. The van der Waals surface area contributed by atoms with Crippen LogP contribution in [0.1, 0.15) is 38.9 Å². The van der Waals surface area contributed by atoms with Crippen molar-refractivity contribution in [3.8, 4) is 5.75 Å². The van der Waals surface area contributed by atoms with Crippen LogP contribution in [-0.2, 0) is 9.59 Å². The molecule has 31 heavy (non-hydrogen) atoms. The van der Waals surface area contributed by atoms with Crippen LogP contribution in [0.5, 0.6) is 5.75 Å². The molecule has 0 spiro atoms. The van der Waals surface area contributed by atoms with Gasteiger partial charge in [0.2, 0.25) is 0 Å². The lowest BCUT2D eigenvalue weighted by Crippen LogP contribution is -2.35. The van der Waals surface area contributed by atoms with Crippen LogP contribution in [0.25, 0.3) is 0 Å². The summed E-state index contributed by atoms with van der Waals surface area (Å²) in [4.78, 5) is 24.8. The normalized spacial score (nSPS) is 21.3. The molecule has 164 valence electrons. The second-order valence-electron chi connectivity index (χ2n) is 7.51. The highest BCUT2D eigenvalue weighted by atomic mass is 16.3. The number of phenols is 1. The standard InChI is InChI=1S/C25H29NO5/c1-4-16(2)15-17(3)9-7-5-6-8-10-20(28)21-24(30)22(26-25(21)31)23(29)18-11-13-19(27)14-12-18/h5-16,22-23,27-29H,4H2,1-3H3,(H,26,31)/b6-5+,9-7+,10-8+,17-15+,21-20+/t16-,22+,23+/m1/s1. The number of aliphatic hydroxyl groups excluding tert-OH is 2. The van der Waals surface area contributed by atoms with Crippen LogP contribution in [0.15, 0.2) is 83.7 Å². The quantitative estimate of drug-likeness (QED) is 0.219. The van der Waals surface area contributed by atoms with Gasteiger partial charge in [-0.15, -0.1) is 0 Å². The third kappa shape index (κ3) is 6.55. The van der Waals surface area contributed by atoms with Gasteiger partial charge >= 0.3 is 0 Å². The molecule has 1 aromatic carbocycles. The lowest BCUT2D eigenvalue weighted by Gasteiger charge is -2.16. The average molecular weight is 424 g/mol. The summed E-state index contributed by atoms with van der Waals surface area (Å²) in [5.41, 5.74) is 1.12. The van der Waals surface area contributed by atoms with Crippen molar-refractivity contribution in [1.29, 1.82) is 0 Å². The summed E-state index contributed by atoms with van der Waals surface area (Å²) in [5.74, 6) is -1.37. The fourth-order valence-electron chi connectivity index (χ4n) is 3.06. The van der Waals surface area contributed by atoms with Gasteiger partial charge in [0.1, 0.15) is 29.2 Å². The number of nitrogens with one attached hydrogen (secondary N) is 1. The number of ketones is 1. The van der Waals surface area contributed by atoms with Gasteiger partial charge in [0.05, 0.1) is 0 Å². The third-order valence-electron chi connectivity index (χ3n) is 4.99. The van der Waals surface area contributed by atoms with Gasteiger partial charge in [-0.3, -0.25) is 9.59 Å². The van der Waals surface area contributed by atoms with E-state index in [1.54, 1.807) is 12.2 Å². The third-order valence-corrected chi connectivity index (χ3v) is 4.99. The zero-order chi connectivity index (χ0) is 23.0. The molecule has 1 aliphatic heterocycles. The number of allylic oxidation sites excluding steroid dienone is 8. The predicted octanol–water partition coefficient (Wildman–Crippen LogP) is 3.97. The Morgan fingerprint density at radius 3 is 2.32 bits per heavy atom. The van der Waals surface area contributed by atoms with E-state index in [-0.39, 0.29) is 5.75 Å². The van der Waals surface area contributed by atoms with Crippen LogP contribution in [0.4, 0.5) is 0 Å². The van der Waals surface area contributed by atoms with E-state index in [0.29, 0.717) is 11.5 Å². The number of carbonyl (C=O) groups excluding carboxylic acids is 2. The van der Waals surface area contributed by atoms with Gasteiger partial charge in [-0.05, 0) is 36.6 Å². The van der Waals surface area contributed by atoms with E-state index in [0.717, 1.165) is 12.0 Å². The number of carbonyl (C=O) groups is 2. The minimum absolute atomic E-state index is 0.0192. The van der Waals surface area contributed by atoms with Crippen LogP contribution in [0.2, 0.25) is 0 Å². The highest BCUT2D eigenvalue weighted by molar-refractivity contribution is 6.27. The van der Waals surface area contributed by atoms with Crippen LogP contribution >= 0.6 is 0 Å². The molecule has 1 fully saturated rings. The first-order chi connectivity index (χ1) is 14.7. The van der Waals surface area contributed by atoms with Crippen LogP contribution in [0.3, 0.4) is 0 Å². The number of phenolic OH excluding ortho intramolecular Hbond substituents is 1. The van der Waals surface area contributed by atoms with Gasteiger partial charge in [0, 0.05) is 0 Å². The minimum Gasteiger partial charge on any atom is -0.508 e. The number of aliphatic hydroxyl groups is 2. The van der Waals surface area contributed by atoms with Crippen molar-refractivity contribution in [2.45, 2.75) is 39.3 Å². The molecule has 6 nitrogen and oxygen atoms in total. The number of hydrogen-bond donors (Lipinski definition) is 4. The molecule has 1 saturated heterocycles. The maximum Gasteiger partial charge on any atom is 0.259 e. The topological polar surface area (TPSA) is 107 Å². The van der Waals surface area contributed by atoms with Crippen molar-refractivity contribution >= 4 is 11.7 Å². The maximum atomic E-state index is 12.6. The average Bonchev–Trinajstić information content (AvgIpc) is 3.04. The molecule has 4 N–H and O–H groups in total. The molecule has 0 radical (unpaired) electrons. The molecule has 0 bridgehead atoms. The zero-order valence-electron chi connectivity index (χ0n) is 17.9. The smallest absolute Gasteiger partial charge is 0.259 e. The molecular formula is C25H29NO5. The Hall–Kier alpha value is -3.38. The Morgan fingerprint density at radius 2 is 1.71 bits per heavy atom. The number of rotatable bonds is 8. The Labute approximate surface area is 182 Å². The Kier molecular flexibility index (Phi) is 8.58.